The number of carbonyl (C=O) groups excluding carboxylic acids is 1. The lowest BCUT2D eigenvalue weighted by molar-refractivity contribution is 0.0741. The molecule has 1 amide bonds. The molecule has 21 heavy (non-hydrogen) atoms. The maximum absolute atomic E-state index is 12.4. The van der Waals surface area contributed by atoms with Gasteiger partial charge in [-0.05, 0) is 5.56 Å². The van der Waals surface area contributed by atoms with E-state index in [-0.39, 0.29) is 12.2 Å². The second-order valence-corrected chi connectivity index (χ2v) is 4.50. The summed E-state index contributed by atoms with van der Waals surface area (Å²) in [7, 11) is 0. The molecule has 7 nitrogen and oxygen atoms in total. The van der Waals surface area contributed by atoms with Crippen LogP contribution in [-0.2, 0) is 6.54 Å². The number of rotatable bonds is 5. The van der Waals surface area contributed by atoms with E-state index in [9.17, 15) is 14.4 Å². The summed E-state index contributed by atoms with van der Waals surface area (Å²) in [5.74, 6) is -0.437. The van der Waals surface area contributed by atoms with Crippen molar-refractivity contribution >= 4 is 5.91 Å². The van der Waals surface area contributed by atoms with Gasteiger partial charge in [-0.3, -0.25) is 14.6 Å². The van der Waals surface area contributed by atoms with Gasteiger partial charge in [0.2, 0.25) is 0 Å². The highest BCUT2D eigenvalue weighted by molar-refractivity contribution is 5.92. The Morgan fingerprint density at radius 2 is 1.86 bits per heavy atom. The average Bonchev–Trinajstić information content (AvgIpc) is 2.46. The fourth-order valence-electron chi connectivity index (χ4n) is 1.97. The Hall–Kier alpha value is -2.67. The summed E-state index contributed by atoms with van der Waals surface area (Å²) in [5, 5.41) is 0. The van der Waals surface area contributed by atoms with Crippen LogP contribution in [0.15, 0.2) is 46.0 Å². The van der Waals surface area contributed by atoms with Gasteiger partial charge >= 0.3 is 5.69 Å². The number of H-pyrrole nitrogens is 2. The molecule has 0 aliphatic heterocycles. The predicted octanol–water partition coefficient (Wildman–Crippen LogP) is -0.336. The number of amides is 1. The number of nitrogens with one attached hydrogen (secondary N) is 2. The highest BCUT2D eigenvalue weighted by Crippen LogP contribution is 2.07. The smallest absolute Gasteiger partial charge is 0.326 e. The average molecular weight is 288 g/mol. The zero-order chi connectivity index (χ0) is 15.2. The Labute approximate surface area is 120 Å². The van der Waals surface area contributed by atoms with Gasteiger partial charge in [0.05, 0.1) is 0 Å². The number of hydrogen-bond donors (Lipinski definition) is 3. The van der Waals surface area contributed by atoms with Gasteiger partial charge < -0.3 is 15.6 Å². The maximum Gasteiger partial charge on any atom is 0.326 e. The molecule has 0 unspecified atom stereocenters. The number of carbonyl (C=O) groups is 1. The second-order valence-electron chi connectivity index (χ2n) is 4.50. The van der Waals surface area contributed by atoms with Crippen molar-refractivity contribution in [2.24, 2.45) is 5.73 Å². The molecule has 0 aliphatic rings. The standard InChI is InChI=1S/C14H16N4O3/c15-6-7-18(9-10-4-2-1-3-5-10)13(20)11-8-12(19)17-14(21)16-11/h1-5,8H,6-7,9,15H2,(H2,16,17,19,21). The molecule has 0 atom stereocenters. The molecule has 2 aromatic rings. The molecule has 0 saturated carbocycles. The third-order valence-corrected chi connectivity index (χ3v) is 2.89. The van der Waals surface area contributed by atoms with Crippen LogP contribution >= 0.6 is 0 Å². The van der Waals surface area contributed by atoms with Crippen LogP contribution < -0.4 is 17.0 Å². The molecule has 7 heteroatoms. The fourth-order valence-corrected chi connectivity index (χ4v) is 1.97. The number of hydrogen-bond acceptors (Lipinski definition) is 4. The number of nitrogens with two attached hydrogens (primary N) is 1. The molecular formula is C14H16N4O3. The molecule has 1 aromatic heterocycles. The summed E-state index contributed by atoms with van der Waals surface area (Å²) in [6.07, 6.45) is 0. The van der Waals surface area contributed by atoms with E-state index in [1.807, 2.05) is 35.3 Å². The monoisotopic (exact) mass is 288 g/mol. The third-order valence-electron chi connectivity index (χ3n) is 2.89. The van der Waals surface area contributed by atoms with Crippen molar-refractivity contribution < 1.29 is 4.79 Å². The SMILES string of the molecule is NCCN(Cc1ccccc1)C(=O)c1cc(=O)[nH]c(=O)[nH]1. The Morgan fingerprint density at radius 3 is 2.48 bits per heavy atom. The van der Waals surface area contributed by atoms with E-state index >= 15 is 0 Å². The summed E-state index contributed by atoms with van der Waals surface area (Å²) in [5.41, 5.74) is 5.09. The molecule has 0 radical (unpaired) electrons. The topological polar surface area (TPSA) is 112 Å². The first-order chi connectivity index (χ1) is 10.1. The first kappa shape index (κ1) is 14.7. The lowest BCUT2D eigenvalue weighted by atomic mass is 10.2. The predicted molar refractivity (Wildman–Crippen MR) is 77.9 cm³/mol. The van der Waals surface area contributed by atoms with Gasteiger partial charge in [0, 0.05) is 25.7 Å². The molecule has 110 valence electrons. The van der Waals surface area contributed by atoms with Crippen molar-refractivity contribution in [1.29, 1.82) is 0 Å². The van der Waals surface area contributed by atoms with E-state index in [1.165, 1.54) is 4.90 Å². The lowest BCUT2D eigenvalue weighted by Crippen LogP contribution is -2.37. The normalized spacial score (nSPS) is 10.3. The zero-order valence-corrected chi connectivity index (χ0v) is 11.3. The van der Waals surface area contributed by atoms with E-state index in [0.717, 1.165) is 11.6 Å². The Kier molecular flexibility index (Phi) is 4.68. The largest absolute Gasteiger partial charge is 0.332 e. The summed E-state index contributed by atoms with van der Waals surface area (Å²) < 4.78 is 0. The third kappa shape index (κ3) is 3.90. The molecule has 0 aliphatic carbocycles. The quantitative estimate of drug-likeness (QED) is 0.699. The molecule has 1 aromatic carbocycles. The highest BCUT2D eigenvalue weighted by atomic mass is 16.2. The van der Waals surface area contributed by atoms with E-state index in [4.69, 9.17) is 5.73 Å². The molecule has 0 saturated heterocycles. The number of benzene rings is 1. The van der Waals surface area contributed by atoms with Crippen molar-refractivity contribution in [2.45, 2.75) is 6.54 Å². The van der Waals surface area contributed by atoms with Crippen molar-refractivity contribution in [2.75, 3.05) is 13.1 Å². The van der Waals surface area contributed by atoms with Gasteiger partial charge in [-0.15, -0.1) is 0 Å². The van der Waals surface area contributed by atoms with Crippen LogP contribution in [0.4, 0.5) is 0 Å². The van der Waals surface area contributed by atoms with Crippen molar-refractivity contribution in [3.8, 4) is 0 Å². The van der Waals surface area contributed by atoms with Crippen LogP contribution in [0.1, 0.15) is 16.1 Å². The van der Waals surface area contributed by atoms with Gasteiger partial charge in [-0.1, -0.05) is 30.3 Å². The van der Waals surface area contributed by atoms with Gasteiger partial charge in [0.15, 0.2) is 0 Å². The first-order valence-corrected chi connectivity index (χ1v) is 6.47. The summed E-state index contributed by atoms with van der Waals surface area (Å²) >= 11 is 0. The maximum atomic E-state index is 12.4. The minimum absolute atomic E-state index is 0.0480. The summed E-state index contributed by atoms with van der Waals surface area (Å²) in [6, 6.07) is 10.5. The highest BCUT2D eigenvalue weighted by Gasteiger charge is 2.17. The number of aromatic amines is 2. The van der Waals surface area contributed by atoms with Crippen LogP contribution in [0.3, 0.4) is 0 Å². The van der Waals surface area contributed by atoms with Gasteiger partial charge in [-0.2, -0.15) is 0 Å². The van der Waals surface area contributed by atoms with Gasteiger partial charge in [-0.25, -0.2) is 4.79 Å². The summed E-state index contributed by atoms with van der Waals surface area (Å²) in [6.45, 7) is 0.959. The molecule has 0 fully saturated rings. The minimum atomic E-state index is -0.710. The Bertz CT molecular complexity index is 692. The number of nitrogens with zero attached hydrogens (tertiary/aromatic N) is 1. The van der Waals surface area contributed by atoms with Crippen LogP contribution in [0.2, 0.25) is 0 Å². The second kappa shape index (κ2) is 6.67. The molecule has 0 spiro atoms. The van der Waals surface area contributed by atoms with E-state index in [0.29, 0.717) is 13.1 Å². The van der Waals surface area contributed by atoms with Crippen molar-refractivity contribution in [3.63, 3.8) is 0 Å². The Balaban J connectivity index is 2.26. The lowest BCUT2D eigenvalue weighted by Gasteiger charge is -2.21. The molecule has 0 bridgehead atoms. The fraction of sp³-hybridized carbons (Fsp3) is 0.214. The van der Waals surface area contributed by atoms with Crippen molar-refractivity contribution in [3.05, 3.63) is 68.5 Å². The molecule has 4 N–H and O–H groups in total. The van der Waals surface area contributed by atoms with E-state index in [2.05, 4.69) is 4.98 Å². The molecular weight excluding hydrogens is 272 g/mol. The van der Waals surface area contributed by atoms with E-state index in [1.54, 1.807) is 0 Å². The van der Waals surface area contributed by atoms with Gasteiger partial charge in [0.1, 0.15) is 5.69 Å². The van der Waals surface area contributed by atoms with Crippen LogP contribution in [0.25, 0.3) is 0 Å². The summed E-state index contributed by atoms with van der Waals surface area (Å²) in [4.78, 5) is 40.8. The van der Waals surface area contributed by atoms with Crippen LogP contribution in [0.5, 0.6) is 0 Å². The van der Waals surface area contributed by atoms with Crippen molar-refractivity contribution in [1.82, 2.24) is 14.9 Å². The zero-order valence-electron chi connectivity index (χ0n) is 11.3. The van der Waals surface area contributed by atoms with Gasteiger partial charge in [0.25, 0.3) is 11.5 Å². The minimum Gasteiger partial charge on any atom is -0.332 e. The van der Waals surface area contributed by atoms with Crippen LogP contribution in [0, 0.1) is 0 Å². The first-order valence-electron chi connectivity index (χ1n) is 6.47. The van der Waals surface area contributed by atoms with Crippen LogP contribution in [-0.4, -0.2) is 33.9 Å². The Morgan fingerprint density at radius 1 is 1.14 bits per heavy atom. The molecule has 2 rings (SSSR count). The number of aromatic nitrogens is 2. The molecule has 1 heterocycles. The van der Waals surface area contributed by atoms with E-state index < -0.39 is 17.2 Å².